The number of pyridine rings is 2. The lowest BCUT2D eigenvalue weighted by Crippen LogP contribution is -2.33. The molecular weight excluding hydrogens is 432 g/mol. The molecule has 1 atom stereocenters. The summed E-state index contributed by atoms with van der Waals surface area (Å²) in [7, 11) is 0. The van der Waals surface area contributed by atoms with Crippen molar-refractivity contribution in [1.82, 2.24) is 9.55 Å². The normalized spacial score (nSPS) is 14.7. The third-order valence-electron chi connectivity index (χ3n) is 5.65. The van der Waals surface area contributed by atoms with E-state index < -0.39 is 5.92 Å². The highest BCUT2D eigenvalue weighted by molar-refractivity contribution is 5.61. The Morgan fingerprint density at radius 2 is 1.97 bits per heavy atom. The van der Waals surface area contributed by atoms with Crippen LogP contribution in [0.15, 0.2) is 64.9 Å². The lowest BCUT2D eigenvalue weighted by atomic mass is 9.83. The second-order valence-corrected chi connectivity index (χ2v) is 7.74. The van der Waals surface area contributed by atoms with E-state index in [0.29, 0.717) is 47.3 Å². The van der Waals surface area contributed by atoms with Gasteiger partial charge in [0.1, 0.15) is 17.4 Å². The topological polar surface area (TPSA) is 112 Å². The molecule has 0 saturated carbocycles. The van der Waals surface area contributed by atoms with Crippen molar-refractivity contribution in [1.29, 1.82) is 5.26 Å². The van der Waals surface area contributed by atoms with Crippen LogP contribution in [0, 0.1) is 18.3 Å². The monoisotopic (exact) mass is 458 g/mol. The molecule has 0 fully saturated rings. The number of rotatable bonds is 7. The number of ether oxygens (including phenoxy) is 3. The lowest BCUT2D eigenvalue weighted by Gasteiger charge is -2.28. The van der Waals surface area contributed by atoms with Crippen molar-refractivity contribution in [2.45, 2.75) is 33.2 Å². The molecule has 174 valence electrons. The first-order chi connectivity index (χ1) is 16.5. The van der Waals surface area contributed by atoms with E-state index in [1.165, 1.54) is 0 Å². The number of hydrogen-bond donors (Lipinski definition) is 1. The van der Waals surface area contributed by atoms with Crippen LogP contribution in [0.25, 0.3) is 0 Å². The van der Waals surface area contributed by atoms with Crippen LogP contribution in [0.3, 0.4) is 0 Å². The van der Waals surface area contributed by atoms with E-state index in [1.807, 2.05) is 51.1 Å². The fourth-order valence-corrected chi connectivity index (χ4v) is 4.18. The largest absolute Gasteiger partial charge is 0.490 e. The van der Waals surface area contributed by atoms with Gasteiger partial charge in [-0.2, -0.15) is 5.26 Å². The molecule has 8 heteroatoms. The van der Waals surface area contributed by atoms with Crippen LogP contribution in [0.2, 0.25) is 0 Å². The van der Waals surface area contributed by atoms with Crippen LogP contribution >= 0.6 is 0 Å². The van der Waals surface area contributed by atoms with Gasteiger partial charge in [-0.1, -0.05) is 18.2 Å². The lowest BCUT2D eigenvalue weighted by molar-refractivity contribution is 0.284. The molecule has 0 saturated heterocycles. The Bertz CT molecular complexity index is 1340. The molecule has 2 N–H and O–H groups in total. The van der Waals surface area contributed by atoms with Gasteiger partial charge in [0.05, 0.1) is 36.9 Å². The maximum atomic E-state index is 13.9. The highest BCUT2D eigenvalue weighted by Gasteiger charge is 2.36. The van der Waals surface area contributed by atoms with E-state index in [2.05, 4.69) is 11.1 Å². The molecule has 1 aromatic carbocycles. The average molecular weight is 459 g/mol. The van der Waals surface area contributed by atoms with Gasteiger partial charge in [-0.05, 0) is 39.0 Å². The van der Waals surface area contributed by atoms with E-state index in [4.69, 9.17) is 19.9 Å². The van der Waals surface area contributed by atoms with Crippen LogP contribution in [0.4, 0.5) is 0 Å². The predicted octanol–water partition coefficient (Wildman–Crippen LogP) is 3.62. The van der Waals surface area contributed by atoms with Gasteiger partial charge in [-0.25, -0.2) is 0 Å². The van der Waals surface area contributed by atoms with Crippen molar-refractivity contribution in [2.75, 3.05) is 13.2 Å². The van der Waals surface area contributed by atoms with Crippen LogP contribution in [-0.4, -0.2) is 22.8 Å². The SMILES string of the molecule is CCOc1cccc([C@H]2C(C#N)=C(N)Oc3cc(C)n(Cc4ccccn4)c(=O)c32)c1OCC. The Morgan fingerprint density at radius 3 is 2.65 bits per heavy atom. The minimum atomic E-state index is -0.779. The number of allylic oxidation sites excluding steroid dienone is 1. The molecule has 3 aromatic rings. The van der Waals surface area contributed by atoms with Gasteiger partial charge in [-0.15, -0.1) is 0 Å². The zero-order chi connectivity index (χ0) is 24.2. The summed E-state index contributed by atoms with van der Waals surface area (Å²) in [6.07, 6.45) is 1.69. The summed E-state index contributed by atoms with van der Waals surface area (Å²) in [5, 5.41) is 10.0. The summed E-state index contributed by atoms with van der Waals surface area (Å²) in [5.74, 6) is 0.517. The van der Waals surface area contributed by atoms with E-state index in [9.17, 15) is 10.1 Å². The zero-order valence-electron chi connectivity index (χ0n) is 19.4. The molecule has 0 aliphatic carbocycles. The molecule has 1 aliphatic heterocycles. The zero-order valence-corrected chi connectivity index (χ0v) is 19.4. The fraction of sp³-hybridized carbons (Fsp3) is 0.269. The van der Waals surface area contributed by atoms with E-state index >= 15 is 0 Å². The summed E-state index contributed by atoms with van der Waals surface area (Å²) in [6, 6.07) is 14.9. The molecular formula is C26H26N4O4. The molecule has 1 aliphatic rings. The average Bonchev–Trinajstić information content (AvgIpc) is 2.83. The number of nitrogens with two attached hydrogens (primary N) is 1. The van der Waals surface area contributed by atoms with Crippen LogP contribution in [0.1, 0.15) is 42.3 Å². The number of benzene rings is 1. The predicted molar refractivity (Wildman–Crippen MR) is 127 cm³/mol. The van der Waals surface area contributed by atoms with Gasteiger partial charge >= 0.3 is 0 Å². The number of aromatic nitrogens is 2. The highest BCUT2D eigenvalue weighted by Crippen LogP contribution is 2.46. The molecule has 2 aromatic heterocycles. The minimum absolute atomic E-state index is 0.0365. The molecule has 0 radical (unpaired) electrons. The second-order valence-electron chi connectivity index (χ2n) is 7.74. The molecule has 0 unspecified atom stereocenters. The van der Waals surface area contributed by atoms with Crippen LogP contribution < -0.4 is 25.5 Å². The van der Waals surface area contributed by atoms with E-state index in [0.717, 1.165) is 5.69 Å². The van der Waals surface area contributed by atoms with Gasteiger partial charge in [0.15, 0.2) is 11.5 Å². The van der Waals surface area contributed by atoms with Gasteiger partial charge in [0.2, 0.25) is 5.88 Å². The number of nitriles is 1. The number of hydrogen-bond acceptors (Lipinski definition) is 7. The molecule has 0 bridgehead atoms. The van der Waals surface area contributed by atoms with Crippen molar-refractivity contribution in [3.05, 3.63) is 93.0 Å². The number of nitrogens with zero attached hydrogens (tertiary/aromatic N) is 3. The summed E-state index contributed by atoms with van der Waals surface area (Å²) in [5.41, 5.74) is 8.39. The van der Waals surface area contributed by atoms with Crippen molar-refractivity contribution in [2.24, 2.45) is 5.73 Å². The Labute approximate surface area is 197 Å². The molecule has 4 rings (SSSR count). The summed E-state index contributed by atoms with van der Waals surface area (Å²) < 4.78 is 19.1. The third-order valence-corrected chi connectivity index (χ3v) is 5.65. The van der Waals surface area contributed by atoms with Crippen LogP contribution in [0.5, 0.6) is 17.2 Å². The van der Waals surface area contributed by atoms with Gasteiger partial charge in [-0.3, -0.25) is 9.78 Å². The minimum Gasteiger partial charge on any atom is -0.490 e. The molecule has 3 heterocycles. The standard InChI is InChI=1S/C26H26N4O4/c1-4-32-20-11-8-10-18(24(20)33-5-2)22-19(14-27)25(28)34-21-13-16(3)30(26(31)23(21)22)15-17-9-6-7-12-29-17/h6-13,22H,4-5,15,28H2,1-3H3/t22-/m0/s1. The third kappa shape index (κ3) is 4.08. The maximum absolute atomic E-state index is 13.9. The number of para-hydroxylation sites is 1. The Kier molecular flexibility index (Phi) is 6.55. The van der Waals surface area contributed by atoms with Gasteiger partial charge in [0.25, 0.3) is 5.56 Å². The van der Waals surface area contributed by atoms with Crippen molar-refractivity contribution in [3.63, 3.8) is 0 Å². The molecule has 0 amide bonds. The van der Waals surface area contributed by atoms with Gasteiger partial charge in [0, 0.05) is 23.5 Å². The highest BCUT2D eigenvalue weighted by atomic mass is 16.5. The Hall–Kier alpha value is -4.25. The second kappa shape index (κ2) is 9.71. The first-order valence-corrected chi connectivity index (χ1v) is 11.1. The number of fused-ring (bicyclic) bond motifs is 1. The summed E-state index contributed by atoms with van der Waals surface area (Å²) in [6.45, 7) is 6.67. The first-order valence-electron chi connectivity index (χ1n) is 11.1. The Balaban J connectivity index is 1.97. The fourth-order valence-electron chi connectivity index (χ4n) is 4.18. The summed E-state index contributed by atoms with van der Waals surface area (Å²) >= 11 is 0. The Morgan fingerprint density at radius 1 is 1.18 bits per heavy atom. The molecule has 0 spiro atoms. The maximum Gasteiger partial charge on any atom is 0.259 e. The summed E-state index contributed by atoms with van der Waals surface area (Å²) in [4.78, 5) is 18.2. The van der Waals surface area contributed by atoms with E-state index in [-0.39, 0.29) is 23.6 Å². The van der Waals surface area contributed by atoms with Crippen LogP contribution in [-0.2, 0) is 6.54 Å². The van der Waals surface area contributed by atoms with Crippen molar-refractivity contribution in [3.8, 4) is 23.3 Å². The quantitative estimate of drug-likeness (QED) is 0.575. The van der Waals surface area contributed by atoms with E-state index in [1.54, 1.807) is 22.9 Å². The smallest absolute Gasteiger partial charge is 0.259 e. The van der Waals surface area contributed by atoms with Crippen molar-refractivity contribution < 1.29 is 14.2 Å². The first kappa shape index (κ1) is 22.9. The molecule has 8 nitrogen and oxygen atoms in total. The van der Waals surface area contributed by atoms with Crippen molar-refractivity contribution >= 4 is 0 Å². The van der Waals surface area contributed by atoms with Gasteiger partial charge < -0.3 is 24.5 Å². The number of aryl methyl sites for hydroxylation is 1. The molecule has 34 heavy (non-hydrogen) atoms.